The van der Waals surface area contributed by atoms with Gasteiger partial charge >= 0.3 is 0 Å². The van der Waals surface area contributed by atoms with Crippen LogP contribution in [0.3, 0.4) is 0 Å². The Morgan fingerprint density at radius 2 is 2.15 bits per heavy atom. The van der Waals surface area contributed by atoms with Crippen LogP contribution < -0.4 is 15.0 Å². The van der Waals surface area contributed by atoms with Gasteiger partial charge in [-0.3, -0.25) is 4.98 Å². The second-order valence-electron chi connectivity index (χ2n) is 8.29. The fourth-order valence-corrected chi connectivity index (χ4v) is 4.82. The van der Waals surface area contributed by atoms with Crippen molar-refractivity contribution < 1.29 is 4.74 Å². The lowest BCUT2D eigenvalue weighted by atomic mass is 9.96. The number of piperidine rings is 1. The van der Waals surface area contributed by atoms with Crippen LogP contribution in [-0.2, 0) is 6.42 Å². The van der Waals surface area contributed by atoms with Crippen molar-refractivity contribution in [1.29, 1.82) is 0 Å². The van der Waals surface area contributed by atoms with Gasteiger partial charge in [0, 0.05) is 25.2 Å². The average molecular weight is 349 g/mol. The van der Waals surface area contributed by atoms with Gasteiger partial charge in [-0.1, -0.05) is 30.3 Å². The first-order chi connectivity index (χ1) is 12.8. The fourth-order valence-electron chi connectivity index (χ4n) is 4.82. The third kappa shape index (κ3) is 3.18. The smallest absolute Gasteiger partial charge is 0.139 e. The summed E-state index contributed by atoms with van der Waals surface area (Å²) < 4.78 is 6.00. The fraction of sp³-hybridized carbons (Fsp3) is 0.500. The lowest BCUT2D eigenvalue weighted by molar-refractivity contribution is 0.276. The first kappa shape index (κ1) is 16.1. The van der Waals surface area contributed by atoms with Crippen LogP contribution in [0.1, 0.15) is 24.8 Å². The number of hydrogen-bond acceptors (Lipinski definition) is 4. The van der Waals surface area contributed by atoms with Crippen molar-refractivity contribution in [3.05, 3.63) is 54.4 Å². The largest absolute Gasteiger partial charge is 0.490 e. The predicted octanol–water partition coefficient (Wildman–Crippen LogP) is 3.28. The van der Waals surface area contributed by atoms with E-state index in [2.05, 4.69) is 51.6 Å². The molecule has 0 unspecified atom stereocenters. The minimum Gasteiger partial charge on any atom is -0.490 e. The first-order valence-electron chi connectivity index (χ1n) is 9.91. The predicted molar refractivity (Wildman–Crippen MR) is 104 cm³/mol. The van der Waals surface area contributed by atoms with Gasteiger partial charge in [-0.25, -0.2) is 0 Å². The normalized spacial score (nSPS) is 29.6. The van der Waals surface area contributed by atoms with Crippen molar-refractivity contribution in [2.45, 2.75) is 31.7 Å². The van der Waals surface area contributed by atoms with E-state index in [1.54, 1.807) is 0 Å². The molecule has 0 spiro atoms. The van der Waals surface area contributed by atoms with E-state index in [-0.39, 0.29) is 0 Å². The molecule has 2 aliphatic heterocycles. The van der Waals surface area contributed by atoms with E-state index >= 15 is 0 Å². The Morgan fingerprint density at radius 3 is 3.00 bits per heavy atom. The molecule has 1 N–H and O–H groups in total. The highest BCUT2D eigenvalue weighted by Gasteiger charge is 2.59. The number of fused-ring (bicyclic) bond motifs is 1. The zero-order chi connectivity index (χ0) is 17.4. The Hall–Kier alpha value is -2.07. The van der Waals surface area contributed by atoms with Gasteiger partial charge < -0.3 is 15.0 Å². The van der Waals surface area contributed by atoms with E-state index in [9.17, 15) is 0 Å². The van der Waals surface area contributed by atoms with E-state index in [0.717, 1.165) is 37.9 Å². The number of anilines is 1. The van der Waals surface area contributed by atoms with E-state index in [1.807, 2.05) is 12.4 Å². The van der Waals surface area contributed by atoms with Crippen LogP contribution in [0.25, 0.3) is 0 Å². The number of rotatable bonds is 6. The molecule has 0 radical (unpaired) electrons. The number of aromatic nitrogens is 1. The van der Waals surface area contributed by atoms with Gasteiger partial charge in [0.25, 0.3) is 0 Å². The highest BCUT2D eigenvalue weighted by Crippen LogP contribution is 2.60. The molecule has 5 rings (SSSR count). The highest BCUT2D eigenvalue weighted by molar-refractivity contribution is 5.51. The third-order valence-corrected chi connectivity index (χ3v) is 6.38. The van der Waals surface area contributed by atoms with Crippen LogP contribution in [0.5, 0.6) is 5.75 Å². The van der Waals surface area contributed by atoms with Gasteiger partial charge in [-0.2, -0.15) is 0 Å². The van der Waals surface area contributed by atoms with Crippen molar-refractivity contribution in [1.82, 2.24) is 10.3 Å². The molecule has 3 fully saturated rings. The SMILES string of the molecule is c1ccc(C[C@@]23C[C@@H]2CN(c2cncc(OC[C@@H]4CCCN4)c2)C3)cc1. The molecule has 3 atom stereocenters. The highest BCUT2D eigenvalue weighted by atomic mass is 16.5. The lowest BCUT2D eigenvalue weighted by Gasteiger charge is -2.23. The van der Waals surface area contributed by atoms with Crippen molar-refractivity contribution in [3.63, 3.8) is 0 Å². The second kappa shape index (κ2) is 6.58. The van der Waals surface area contributed by atoms with Gasteiger partial charge in [-0.15, -0.1) is 0 Å². The molecule has 26 heavy (non-hydrogen) atoms. The maximum atomic E-state index is 6.00. The summed E-state index contributed by atoms with van der Waals surface area (Å²) in [5.41, 5.74) is 3.16. The lowest BCUT2D eigenvalue weighted by Crippen LogP contribution is -2.28. The Morgan fingerprint density at radius 1 is 1.23 bits per heavy atom. The van der Waals surface area contributed by atoms with Crippen LogP contribution in [0, 0.1) is 11.3 Å². The van der Waals surface area contributed by atoms with E-state index in [4.69, 9.17) is 4.74 Å². The van der Waals surface area contributed by atoms with E-state index in [0.29, 0.717) is 11.5 Å². The summed E-state index contributed by atoms with van der Waals surface area (Å²) in [6, 6.07) is 13.6. The summed E-state index contributed by atoms with van der Waals surface area (Å²) >= 11 is 0. The summed E-state index contributed by atoms with van der Waals surface area (Å²) in [5, 5.41) is 3.48. The van der Waals surface area contributed by atoms with Gasteiger partial charge in [0.15, 0.2) is 0 Å². The van der Waals surface area contributed by atoms with Gasteiger partial charge in [0.05, 0.1) is 18.1 Å². The van der Waals surface area contributed by atoms with E-state index in [1.165, 1.54) is 36.9 Å². The molecule has 3 heterocycles. The number of hydrogen-bond donors (Lipinski definition) is 1. The molecule has 0 amide bonds. The standard InChI is InChI=1S/C22H27N3O/c1-2-5-17(6-3-1)10-22-11-18(22)14-25(16-22)20-9-21(13-23-12-20)26-15-19-7-4-8-24-19/h1-3,5-6,9,12-13,18-19,24H,4,7-8,10-11,14-16H2/t18-,19+,22+/m1/s1. The monoisotopic (exact) mass is 349 g/mol. The topological polar surface area (TPSA) is 37.4 Å². The van der Waals surface area contributed by atoms with Crippen molar-refractivity contribution in [3.8, 4) is 5.75 Å². The molecule has 136 valence electrons. The third-order valence-electron chi connectivity index (χ3n) is 6.38. The van der Waals surface area contributed by atoms with Gasteiger partial charge in [0.1, 0.15) is 12.4 Å². The molecule has 2 aromatic rings. The van der Waals surface area contributed by atoms with Crippen molar-refractivity contribution in [2.75, 3.05) is 31.1 Å². The van der Waals surface area contributed by atoms with E-state index < -0.39 is 0 Å². The van der Waals surface area contributed by atoms with Gasteiger partial charge in [-0.05, 0) is 49.1 Å². The number of ether oxygens (including phenoxy) is 1. The molecule has 2 saturated heterocycles. The summed E-state index contributed by atoms with van der Waals surface area (Å²) in [6.45, 7) is 4.15. The second-order valence-corrected chi connectivity index (χ2v) is 8.29. The molecule has 1 aromatic heterocycles. The maximum absolute atomic E-state index is 6.00. The Labute approximate surface area is 155 Å². The minimum atomic E-state index is 0.478. The summed E-state index contributed by atoms with van der Waals surface area (Å²) in [4.78, 5) is 6.94. The molecule has 4 heteroatoms. The Balaban J connectivity index is 1.23. The van der Waals surface area contributed by atoms with Crippen LogP contribution in [0.2, 0.25) is 0 Å². The van der Waals surface area contributed by atoms with Crippen LogP contribution in [0.15, 0.2) is 48.8 Å². The molecule has 1 aromatic carbocycles. The average Bonchev–Trinajstić information content (AvgIpc) is 3.05. The maximum Gasteiger partial charge on any atom is 0.139 e. The number of nitrogens with one attached hydrogen (secondary N) is 1. The van der Waals surface area contributed by atoms with Crippen LogP contribution in [0.4, 0.5) is 5.69 Å². The number of pyridine rings is 1. The molecular formula is C22H27N3O. The molecule has 1 saturated carbocycles. The zero-order valence-electron chi connectivity index (χ0n) is 15.2. The molecular weight excluding hydrogens is 322 g/mol. The number of nitrogens with zero attached hydrogens (tertiary/aromatic N) is 2. The molecule has 3 aliphatic rings. The summed E-state index contributed by atoms with van der Waals surface area (Å²) in [6.07, 6.45) is 8.87. The molecule has 1 aliphatic carbocycles. The molecule has 0 bridgehead atoms. The Kier molecular flexibility index (Phi) is 4.08. The van der Waals surface area contributed by atoms with Crippen LogP contribution in [-0.4, -0.2) is 37.3 Å². The zero-order valence-corrected chi connectivity index (χ0v) is 15.2. The molecule has 4 nitrogen and oxygen atoms in total. The quantitative estimate of drug-likeness (QED) is 0.868. The van der Waals surface area contributed by atoms with Crippen molar-refractivity contribution >= 4 is 5.69 Å². The number of benzene rings is 1. The summed E-state index contributed by atoms with van der Waals surface area (Å²) in [5.74, 6) is 1.73. The minimum absolute atomic E-state index is 0.478. The summed E-state index contributed by atoms with van der Waals surface area (Å²) in [7, 11) is 0. The van der Waals surface area contributed by atoms with Crippen molar-refractivity contribution in [2.24, 2.45) is 11.3 Å². The Bertz CT molecular complexity index is 759. The first-order valence-corrected chi connectivity index (χ1v) is 9.91. The van der Waals surface area contributed by atoms with Gasteiger partial charge in [0.2, 0.25) is 0 Å². The van der Waals surface area contributed by atoms with Crippen LogP contribution >= 0.6 is 0 Å².